The number of amides is 2. The number of hydrogen-bond acceptors (Lipinski definition) is 3. The molecule has 130 valence electrons. The highest BCUT2D eigenvalue weighted by atomic mass is 16.5. The van der Waals surface area contributed by atoms with E-state index >= 15 is 0 Å². The predicted octanol–water partition coefficient (Wildman–Crippen LogP) is 2.36. The van der Waals surface area contributed by atoms with Crippen molar-refractivity contribution in [3.8, 4) is 0 Å². The maximum absolute atomic E-state index is 12.9. The van der Waals surface area contributed by atoms with Crippen molar-refractivity contribution in [2.24, 2.45) is 0 Å². The molecule has 25 heavy (non-hydrogen) atoms. The molecule has 0 radical (unpaired) electrons. The first kappa shape index (κ1) is 16.1. The molecule has 0 unspecified atom stereocenters. The van der Waals surface area contributed by atoms with Crippen LogP contribution < -0.4 is 0 Å². The summed E-state index contributed by atoms with van der Waals surface area (Å²) in [5, 5.41) is 2.40. The van der Waals surface area contributed by atoms with Gasteiger partial charge in [-0.3, -0.25) is 9.59 Å². The molecule has 2 saturated heterocycles. The van der Waals surface area contributed by atoms with E-state index in [0.29, 0.717) is 13.2 Å². The highest BCUT2D eigenvalue weighted by Gasteiger charge is 2.32. The molecule has 5 nitrogen and oxygen atoms in total. The highest BCUT2D eigenvalue weighted by molar-refractivity contribution is 5.88. The molecular weight excluding hydrogens is 316 g/mol. The number of carbonyl (C=O) groups excluding carboxylic acids is 2. The van der Waals surface area contributed by atoms with E-state index in [1.165, 1.54) is 16.3 Å². The number of morpholine rings is 1. The number of rotatable bonds is 3. The predicted molar refractivity (Wildman–Crippen MR) is 95.0 cm³/mol. The van der Waals surface area contributed by atoms with E-state index in [0.717, 1.165) is 19.4 Å². The van der Waals surface area contributed by atoms with Gasteiger partial charge in [0.05, 0.1) is 19.2 Å². The van der Waals surface area contributed by atoms with Crippen LogP contribution in [-0.2, 0) is 14.3 Å². The highest BCUT2D eigenvalue weighted by Crippen LogP contribution is 2.36. The molecule has 0 saturated carbocycles. The van der Waals surface area contributed by atoms with Crippen LogP contribution in [0.2, 0.25) is 0 Å². The second kappa shape index (κ2) is 6.84. The first-order valence-electron chi connectivity index (χ1n) is 8.87. The Morgan fingerprint density at radius 3 is 2.84 bits per heavy atom. The van der Waals surface area contributed by atoms with Crippen molar-refractivity contribution in [3.05, 3.63) is 48.0 Å². The summed E-state index contributed by atoms with van der Waals surface area (Å²) in [6, 6.07) is 14.7. The Balaban J connectivity index is 1.57. The lowest BCUT2D eigenvalue weighted by Crippen LogP contribution is -2.47. The van der Waals surface area contributed by atoms with Crippen LogP contribution in [0, 0.1) is 0 Å². The minimum atomic E-state index is -0.0968. The molecule has 2 heterocycles. The Morgan fingerprint density at radius 2 is 1.96 bits per heavy atom. The first-order valence-corrected chi connectivity index (χ1v) is 8.87. The summed E-state index contributed by atoms with van der Waals surface area (Å²) in [7, 11) is 0. The van der Waals surface area contributed by atoms with Gasteiger partial charge in [0, 0.05) is 13.1 Å². The number of nitrogens with zero attached hydrogens (tertiary/aromatic N) is 2. The third kappa shape index (κ3) is 3.12. The quantitative estimate of drug-likeness (QED) is 0.863. The zero-order chi connectivity index (χ0) is 17.2. The summed E-state index contributed by atoms with van der Waals surface area (Å²) in [4.78, 5) is 28.3. The molecular formula is C20H22N2O3. The zero-order valence-corrected chi connectivity index (χ0v) is 14.2. The number of ether oxygens (including phenoxy) is 1. The largest absolute Gasteiger partial charge is 0.370 e. The number of fused-ring (bicyclic) bond motifs is 1. The van der Waals surface area contributed by atoms with Crippen LogP contribution in [0.25, 0.3) is 10.8 Å². The average molecular weight is 338 g/mol. The van der Waals surface area contributed by atoms with Gasteiger partial charge in [0.25, 0.3) is 0 Å². The van der Waals surface area contributed by atoms with Crippen molar-refractivity contribution in [1.29, 1.82) is 0 Å². The fraction of sp³-hybridized carbons (Fsp3) is 0.400. The van der Waals surface area contributed by atoms with Crippen molar-refractivity contribution < 1.29 is 14.3 Å². The number of hydrogen-bond donors (Lipinski definition) is 0. The summed E-state index contributed by atoms with van der Waals surface area (Å²) in [6.45, 7) is 2.00. The van der Waals surface area contributed by atoms with E-state index in [9.17, 15) is 9.59 Å². The van der Waals surface area contributed by atoms with Crippen LogP contribution in [0.5, 0.6) is 0 Å². The molecule has 2 aromatic rings. The molecule has 0 aromatic heterocycles. The van der Waals surface area contributed by atoms with Gasteiger partial charge in [-0.1, -0.05) is 42.5 Å². The van der Waals surface area contributed by atoms with Crippen LogP contribution in [-0.4, -0.2) is 54.5 Å². The van der Waals surface area contributed by atoms with E-state index in [2.05, 4.69) is 30.3 Å². The lowest BCUT2D eigenvalue weighted by Gasteiger charge is -2.31. The average Bonchev–Trinajstić information content (AvgIpc) is 3.13. The van der Waals surface area contributed by atoms with Crippen molar-refractivity contribution in [3.63, 3.8) is 0 Å². The number of carbonyl (C=O) groups is 2. The molecule has 2 aliphatic heterocycles. The van der Waals surface area contributed by atoms with Gasteiger partial charge in [0.15, 0.2) is 0 Å². The van der Waals surface area contributed by atoms with E-state index in [1.54, 1.807) is 4.90 Å². The van der Waals surface area contributed by atoms with Gasteiger partial charge in [-0.05, 0) is 29.2 Å². The van der Waals surface area contributed by atoms with Crippen LogP contribution in [0.3, 0.4) is 0 Å². The minimum absolute atomic E-state index is 0.0330. The van der Waals surface area contributed by atoms with Gasteiger partial charge in [-0.25, -0.2) is 0 Å². The standard InChI is InChI=1S/C20H22N2O3/c23-19(13-21-11-12-25-14-20(21)24)22-10-4-9-18(22)17-8-3-6-15-5-1-2-7-16(15)17/h1-3,5-8,18H,4,9-14H2/t18-/m1/s1. The van der Waals surface area contributed by atoms with Gasteiger partial charge in [0.2, 0.25) is 11.8 Å². The lowest BCUT2D eigenvalue weighted by atomic mass is 9.97. The summed E-state index contributed by atoms with van der Waals surface area (Å²) < 4.78 is 5.14. The van der Waals surface area contributed by atoms with Crippen LogP contribution in [0.15, 0.2) is 42.5 Å². The van der Waals surface area contributed by atoms with Crippen LogP contribution in [0.1, 0.15) is 24.4 Å². The van der Waals surface area contributed by atoms with E-state index in [-0.39, 0.29) is 31.0 Å². The molecule has 4 rings (SSSR count). The maximum Gasteiger partial charge on any atom is 0.249 e. The molecule has 0 spiro atoms. The van der Waals surface area contributed by atoms with Gasteiger partial charge < -0.3 is 14.5 Å². The second-order valence-corrected chi connectivity index (χ2v) is 6.68. The van der Waals surface area contributed by atoms with Crippen molar-refractivity contribution in [2.45, 2.75) is 18.9 Å². The third-order valence-corrected chi connectivity index (χ3v) is 5.17. The van der Waals surface area contributed by atoms with Crippen molar-refractivity contribution >= 4 is 22.6 Å². The summed E-state index contributed by atoms with van der Waals surface area (Å²) in [6.07, 6.45) is 1.97. The Hall–Kier alpha value is -2.40. The molecule has 2 amide bonds. The molecule has 5 heteroatoms. The molecule has 0 N–H and O–H groups in total. The molecule has 2 fully saturated rings. The summed E-state index contributed by atoms with van der Waals surface area (Å²) >= 11 is 0. The Labute approximate surface area is 147 Å². The van der Waals surface area contributed by atoms with Gasteiger partial charge in [0.1, 0.15) is 6.61 Å². The molecule has 0 bridgehead atoms. The molecule has 2 aromatic carbocycles. The fourth-order valence-corrected chi connectivity index (χ4v) is 3.90. The molecule has 2 aliphatic rings. The fourth-order valence-electron chi connectivity index (χ4n) is 3.90. The number of benzene rings is 2. The molecule has 0 aliphatic carbocycles. The molecule has 1 atom stereocenters. The topological polar surface area (TPSA) is 49.9 Å². The first-order chi connectivity index (χ1) is 12.2. The minimum Gasteiger partial charge on any atom is -0.370 e. The smallest absolute Gasteiger partial charge is 0.249 e. The van der Waals surface area contributed by atoms with Crippen molar-refractivity contribution in [1.82, 2.24) is 9.80 Å². The zero-order valence-electron chi connectivity index (χ0n) is 14.2. The summed E-state index contributed by atoms with van der Waals surface area (Å²) in [5.74, 6) is -0.0637. The van der Waals surface area contributed by atoms with E-state index in [4.69, 9.17) is 4.74 Å². The SMILES string of the molecule is O=C1COCCN1CC(=O)N1CCC[C@@H]1c1cccc2ccccc12. The lowest BCUT2D eigenvalue weighted by molar-refractivity contribution is -0.148. The van der Waals surface area contributed by atoms with Crippen LogP contribution >= 0.6 is 0 Å². The number of likely N-dealkylation sites (tertiary alicyclic amines) is 1. The Kier molecular flexibility index (Phi) is 4.40. The Morgan fingerprint density at radius 1 is 1.12 bits per heavy atom. The van der Waals surface area contributed by atoms with Gasteiger partial charge >= 0.3 is 0 Å². The Bertz CT molecular complexity index is 799. The maximum atomic E-state index is 12.9. The summed E-state index contributed by atoms with van der Waals surface area (Å²) in [5.41, 5.74) is 1.21. The van der Waals surface area contributed by atoms with E-state index < -0.39 is 0 Å². The van der Waals surface area contributed by atoms with E-state index in [1.807, 2.05) is 17.0 Å². The van der Waals surface area contributed by atoms with Crippen LogP contribution in [0.4, 0.5) is 0 Å². The van der Waals surface area contributed by atoms with Gasteiger partial charge in [-0.2, -0.15) is 0 Å². The third-order valence-electron chi connectivity index (χ3n) is 5.17. The van der Waals surface area contributed by atoms with Gasteiger partial charge in [-0.15, -0.1) is 0 Å². The monoisotopic (exact) mass is 338 g/mol. The normalized spacial score (nSPS) is 21.1. The van der Waals surface area contributed by atoms with Crippen molar-refractivity contribution in [2.75, 3.05) is 32.8 Å². The second-order valence-electron chi connectivity index (χ2n) is 6.68.